The van der Waals surface area contributed by atoms with Crippen LogP contribution < -0.4 is 10.2 Å². The molecule has 0 saturated heterocycles. The number of carbonyl (C=O) groups is 3. The molecular weight excluding hydrogens is 424 g/mol. The number of esters is 1. The van der Waals surface area contributed by atoms with Gasteiger partial charge in [-0.05, 0) is 42.0 Å². The average Bonchev–Trinajstić information content (AvgIpc) is 3.45. The third-order valence-electron chi connectivity index (χ3n) is 5.43. The summed E-state index contributed by atoms with van der Waals surface area (Å²) in [5.41, 5.74) is 2.84. The monoisotopic (exact) mass is 448 g/mol. The first-order valence-corrected chi connectivity index (χ1v) is 11.4. The van der Waals surface area contributed by atoms with Crippen molar-refractivity contribution in [2.45, 2.75) is 31.8 Å². The molecule has 2 amide bonds. The summed E-state index contributed by atoms with van der Waals surface area (Å²) in [6, 6.07) is 19.7. The van der Waals surface area contributed by atoms with E-state index >= 15 is 0 Å². The molecule has 2 heterocycles. The van der Waals surface area contributed by atoms with Crippen LogP contribution in [0.15, 0.2) is 72.1 Å². The summed E-state index contributed by atoms with van der Waals surface area (Å²) in [6.07, 6.45) is 1.04. The number of thiophene rings is 1. The van der Waals surface area contributed by atoms with Crippen molar-refractivity contribution in [1.29, 1.82) is 0 Å². The number of nitrogens with one attached hydrogen (secondary N) is 1. The van der Waals surface area contributed by atoms with Gasteiger partial charge in [0.1, 0.15) is 6.04 Å². The lowest BCUT2D eigenvalue weighted by atomic mass is 10.1. The molecule has 1 aliphatic rings. The van der Waals surface area contributed by atoms with E-state index in [0.717, 1.165) is 23.2 Å². The van der Waals surface area contributed by atoms with E-state index in [1.807, 2.05) is 61.5 Å². The molecule has 2 aromatic carbocycles. The number of carbonyl (C=O) groups excluding carboxylic acids is 3. The van der Waals surface area contributed by atoms with E-state index < -0.39 is 12.0 Å². The largest absolute Gasteiger partial charge is 0.454 e. The van der Waals surface area contributed by atoms with Crippen molar-refractivity contribution in [2.75, 3.05) is 11.5 Å². The predicted octanol–water partition coefficient (Wildman–Crippen LogP) is 3.61. The Morgan fingerprint density at radius 1 is 1.06 bits per heavy atom. The molecule has 0 spiro atoms. The SMILES string of the molecule is CC1Cc2ccccc2N1C(=O)COC(=O)C(Cc1ccccc1)NC(=O)c1cccs1. The number of para-hydroxylation sites is 1. The molecule has 1 aromatic heterocycles. The van der Waals surface area contributed by atoms with E-state index in [4.69, 9.17) is 4.74 Å². The number of rotatable bonds is 7. The molecule has 0 saturated carbocycles. The van der Waals surface area contributed by atoms with E-state index in [1.165, 1.54) is 11.3 Å². The highest BCUT2D eigenvalue weighted by molar-refractivity contribution is 7.12. The first kappa shape index (κ1) is 21.8. The van der Waals surface area contributed by atoms with Crippen LogP contribution in [0.4, 0.5) is 5.69 Å². The van der Waals surface area contributed by atoms with Crippen molar-refractivity contribution in [2.24, 2.45) is 0 Å². The topological polar surface area (TPSA) is 75.7 Å². The van der Waals surface area contributed by atoms with Crippen molar-refractivity contribution in [3.05, 3.63) is 88.1 Å². The van der Waals surface area contributed by atoms with Crippen LogP contribution in [0.25, 0.3) is 0 Å². The molecule has 6 nitrogen and oxygen atoms in total. The van der Waals surface area contributed by atoms with Crippen LogP contribution in [0.2, 0.25) is 0 Å². The fourth-order valence-electron chi connectivity index (χ4n) is 3.93. The second-order valence-electron chi connectivity index (χ2n) is 7.75. The number of nitrogens with zero attached hydrogens (tertiary/aromatic N) is 1. The summed E-state index contributed by atoms with van der Waals surface area (Å²) in [6.45, 7) is 1.59. The van der Waals surface area contributed by atoms with E-state index in [9.17, 15) is 14.4 Å². The van der Waals surface area contributed by atoms with Gasteiger partial charge in [0.2, 0.25) is 0 Å². The molecule has 1 N–H and O–H groups in total. The lowest BCUT2D eigenvalue weighted by Crippen LogP contribution is -2.45. The van der Waals surface area contributed by atoms with Gasteiger partial charge in [-0.15, -0.1) is 11.3 Å². The molecule has 7 heteroatoms. The highest BCUT2D eigenvalue weighted by Crippen LogP contribution is 2.31. The molecule has 0 fully saturated rings. The number of hydrogen-bond acceptors (Lipinski definition) is 5. The van der Waals surface area contributed by atoms with Gasteiger partial charge in [-0.3, -0.25) is 9.59 Å². The Hall–Kier alpha value is -3.45. The minimum atomic E-state index is -0.900. The molecule has 3 aromatic rings. The molecule has 4 rings (SSSR count). The Morgan fingerprint density at radius 3 is 2.56 bits per heavy atom. The van der Waals surface area contributed by atoms with E-state index in [1.54, 1.807) is 22.4 Å². The van der Waals surface area contributed by atoms with Gasteiger partial charge in [0.15, 0.2) is 6.61 Å². The number of fused-ring (bicyclic) bond motifs is 1. The Balaban J connectivity index is 1.43. The Kier molecular flexibility index (Phi) is 6.66. The van der Waals surface area contributed by atoms with Crippen LogP contribution in [0.5, 0.6) is 0 Å². The molecule has 32 heavy (non-hydrogen) atoms. The molecule has 164 valence electrons. The van der Waals surface area contributed by atoms with Crippen LogP contribution in [0, 0.1) is 0 Å². The summed E-state index contributed by atoms with van der Waals surface area (Å²) >= 11 is 1.29. The van der Waals surface area contributed by atoms with Crippen molar-refractivity contribution in [1.82, 2.24) is 5.32 Å². The zero-order chi connectivity index (χ0) is 22.5. The van der Waals surface area contributed by atoms with Crippen LogP contribution in [-0.4, -0.2) is 36.5 Å². The molecule has 0 aliphatic carbocycles. The highest BCUT2D eigenvalue weighted by atomic mass is 32.1. The van der Waals surface area contributed by atoms with Crippen molar-refractivity contribution in [3.63, 3.8) is 0 Å². The van der Waals surface area contributed by atoms with Gasteiger partial charge < -0.3 is 15.0 Å². The zero-order valence-corrected chi connectivity index (χ0v) is 18.5. The second kappa shape index (κ2) is 9.78. The summed E-state index contributed by atoms with van der Waals surface area (Å²) in [5, 5.41) is 4.56. The number of amides is 2. The van der Waals surface area contributed by atoms with Crippen molar-refractivity contribution in [3.8, 4) is 0 Å². The predicted molar refractivity (Wildman–Crippen MR) is 124 cm³/mol. The fraction of sp³-hybridized carbons (Fsp3) is 0.240. The minimum Gasteiger partial charge on any atom is -0.454 e. The van der Waals surface area contributed by atoms with Gasteiger partial charge in [0, 0.05) is 18.2 Å². The third kappa shape index (κ3) is 4.89. The van der Waals surface area contributed by atoms with Gasteiger partial charge in [0.25, 0.3) is 11.8 Å². The quantitative estimate of drug-likeness (QED) is 0.561. The number of benzene rings is 2. The van der Waals surface area contributed by atoms with E-state index in [-0.39, 0.29) is 30.9 Å². The van der Waals surface area contributed by atoms with Gasteiger partial charge in [0.05, 0.1) is 4.88 Å². The third-order valence-corrected chi connectivity index (χ3v) is 6.30. The van der Waals surface area contributed by atoms with Gasteiger partial charge in [-0.25, -0.2) is 4.79 Å². The number of anilines is 1. The summed E-state index contributed by atoms with van der Waals surface area (Å²) in [7, 11) is 0. The Bertz CT molecular complexity index is 1100. The lowest BCUT2D eigenvalue weighted by molar-refractivity contribution is -0.149. The lowest BCUT2D eigenvalue weighted by Gasteiger charge is -2.23. The van der Waals surface area contributed by atoms with Crippen LogP contribution >= 0.6 is 11.3 Å². The summed E-state index contributed by atoms with van der Waals surface area (Å²) in [4.78, 5) is 40.5. The maximum atomic E-state index is 12.9. The highest BCUT2D eigenvalue weighted by Gasteiger charge is 2.32. The fourth-order valence-corrected chi connectivity index (χ4v) is 4.56. The molecule has 0 radical (unpaired) electrons. The molecule has 2 atom stereocenters. The van der Waals surface area contributed by atoms with Crippen molar-refractivity contribution >= 4 is 34.8 Å². The number of hydrogen-bond donors (Lipinski definition) is 1. The van der Waals surface area contributed by atoms with E-state index in [0.29, 0.717) is 4.88 Å². The summed E-state index contributed by atoms with van der Waals surface area (Å²) in [5.74, 6) is -1.25. The number of ether oxygens (including phenoxy) is 1. The second-order valence-corrected chi connectivity index (χ2v) is 8.69. The minimum absolute atomic E-state index is 0.00255. The average molecular weight is 449 g/mol. The smallest absolute Gasteiger partial charge is 0.329 e. The molecule has 2 unspecified atom stereocenters. The summed E-state index contributed by atoms with van der Waals surface area (Å²) < 4.78 is 5.39. The maximum absolute atomic E-state index is 12.9. The normalized spacial score (nSPS) is 15.7. The molecule has 0 bridgehead atoms. The standard InChI is InChI=1S/C25H24N2O4S/c1-17-14-19-10-5-6-11-21(19)27(17)23(28)16-31-25(30)20(15-18-8-3-2-4-9-18)26-24(29)22-12-7-13-32-22/h2-13,17,20H,14-16H2,1H3,(H,26,29). The van der Waals surface area contributed by atoms with Crippen LogP contribution in [0.3, 0.4) is 0 Å². The first-order chi connectivity index (χ1) is 15.5. The van der Waals surface area contributed by atoms with E-state index in [2.05, 4.69) is 5.32 Å². The van der Waals surface area contributed by atoms with Gasteiger partial charge in [-0.2, -0.15) is 0 Å². The van der Waals surface area contributed by atoms with Crippen LogP contribution in [0.1, 0.15) is 27.7 Å². The van der Waals surface area contributed by atoms with Crippen LogP contribution in [-0.2, 0) is 27.2 Å². The zero-order valence-electron chi connectivity index (χ0n) is 17.7. The van der Waals surface area contributed by atoms with Gasteiger partial charge >= 0.3 is 5.97 Å². The molecule has 1 aliphatic heterocycles. The van der Waals surface area contributed by atoms with Gasteiger partial charge in [-0.1, -0.05) is 54.6 Å². The Morgan fingerprint density at radius 2 is 1.81 bits per heavy atom. The first-order valence-electron chi connectivity index (χ1n) is 10.5. The molecular formula is C25H24N2O4S. The maximum Gasteiger partial charge on any atom is 0.329 e. The van der Waals surface area contributed by atoms with Crippen molar-refractivity contribution < 1.29 is 19.1 Å². The Labute approximate surface area is 190 Å².